The molecular formula is C25H32N4O2S. The van der Waals surface area contributed by atoms with Crippen LogP contribution in [0.15, 0.2) is 60.1 Å². The molecule has 2 heterocycles. The molecule has 4 rings (SSSR count). The third-order valence-corrected chi connectivity index (χ3v) is 6.31. The number of anilines is 2. The first kappa shape index (κ1) is 22.6. The van der Waals surface area contributed by atoms with E-state index in [-0.39, 0.29) is 0 Å². The number of hydrogen-bond acceptors (Lipinski definition) is 7. The molecule has 1 fully saturated rings. The van der Waals surface area contributed by atoms with Gasteiger partial charge in [0, 0.05) is 54.2 Å². The molecule has 0 spiro atoms. The van der Waals surface area contributed by atoms with Crippen LogP contribution in [0, 0.1) is 5.92 Å². The molecule has 32 heavy (non-hydrogen) atoms. The average Bonchev–Trinajstić information content (AvgIpc) is 3.49. The second-order valence-corrected chi connectivity index (χ2v) is 9.59. The lowest BCUT2D eigenvalue weighted by molar-refractivity contribution is 0.208. The largest absolute Gasteiger partial charge is 0.493 e. The van der Waals surface area contributed by atoms with E-state index in [1.54, 1.807) is 11.3 Å². The van der Waals surface area contributed by atoms with Crippen LogP contribution in [0.2, 0.25) is 0 Å². The second-order valence-electron chi connectivity index (χ2n) is 8.61. The Hall–Kier alpha value is -2.61. The summed E-state index contributed by atoms with van der Waals surface area (Å²) in [5, 5.41) is 20.5. The SMILES string of the molecule is CC(C)COc1ccc(C(O)Nc2ccc(N3CCC(NCc4nccs4)C3)cc2)cc1. The number of aromatic nitrogens is 1. The molecule has 7 heteroatoms. The Morgan fingerprint density at radius 2 is 1.94 bits per heavy atom. The van der Waals surface area contributed by atoms with Crippen LogP contribution in [0.3, 0.4) is 0 Å². The Morgan fingerprint density at radius 1 is 1.16 bits per heavy atom. The van der Waals surface area contributed by atoms with Crippen molar-refractivity contribution in [3.63, 3.8) is 0 Å². The predicted octanol–water partition coefficient (Wildman–Crippen LogP) is 4.65. The highest BCUT2D eigenvalue weighted by Gasteiger charge is 2.22. The van der Waals surface area contributed by atoms with Gasteiger partial charge >= 0.3 is 0 Å². The van der Waals surface area contributed by atoms with Gasteiger partial charge in [0.05, 0.1) is 6.61 Å². The lowest BCUT2D eigenvalue weighted by atomic mass is 10.1. The predicted molar refractivity (Wildman–Crippen MR) is 131 cm³/mol. The standard InChI is InChI=1S/C25H32N4O2S/c1-18(2)17-31-23-9-3-19(4-10-23)25(30)28-20-5-7-22(8-6-20)29-13-11-21(16-29)27-15-24-26-12-14-32-24/h3-10,12,14,18,21,25,27-28,30H,11,13,15-17H2,1-2H3. The first-order valence-corrected chi connectivity index (χ1v) is 12.1. The molecule has 0 bridgehead atoms. The number of nitrogens with zero attached hydrogens (tertiary/aromatic N) is 2. The summed E-state index contributed by atoms with van der Waals surface area (Å²) in [7, 11) is 0. The molecule has 1 aliphatic rings. The van der Waals surface area contributed by atoms with Gasteiger partial charge in [-0.2, -0.15) is 0 Å². The zero-order valence-electron chi connectivity index (χ0n) is 18.7. The van der Waals surface area contributed by atoms with Crippen molar-refractivity contribution in [1.29, 1.82) is 0 Å². The normalized spacial score (nSPS) is 17.0. The quantitative estimate of drug-likeness (QED) is 0.389. The smallest absolute Gasteiger partial charge is 0.150 e. The Kier molecular flexibility index (Phi) is 7.63. The molecule has 0 radical (unpaired) electrons. The summed E-state index contributed by atoms with van der Waals surface area (Å²) in [4.78, 5) is 6.74. The molecule has 2 unspecified atom stereocenters. The van der Waals surface area contributed by atoms with Crippen molar-refractivity contribution in [2.75, 3.05) is 29.9 Å². The van der Waals surface area contributed by atoms with Gasteiger partial charge in [-0.05, 0) is 48.7 Å². The summed E-state index contributed by atoms with van der Waals surface area (Å²) in [5.74, 6) is 1.31. The molecular weight excluding hydrogens is 420 g/mol. The summed E-state index contributed by atoms with van der Waals surface area (Å²) < 4.78 is 5.71. The van der Waals surface area contributed by atoms with Crippen LogP contribution in [0.1, 0.15) is 37.1 Å². The molecule has 1 aromatic heterocycles. The summed E-state index contributed by atoms with van der Waals surface area (Å²) in [5.41, 5.74) is 2.90. The maximum absolute atomic E-state index is 10.6. The molecule has 0 saturated carbocycles. The maximum Gasteiger partial charge on any atom is 0.150 e. The number of hydrogen-bond donors (Lipinski definition) is 3. The number of rotatable bonds is 10. The zero-order chi connectivity index (χ0) is 22.3. The molecule has 3 N–H and O–H groups in total. The van der Waals surface area contributed by atoms with Crippen LogP contribution in [0.5, 0.6) is 5.75 Å². The van der Waals surface area contributed by atoms with E-state index >= 15 is 0 Å². The van der Waals surface area contributed by atoms with Crippen molar-refractivity contribution in [1.82, 2.24) is 10.3 Å². The van der Waals surface area contributed by atoms with Crippen molar-refractivity contribution in [2.45, 2.75) is 39.1 Å². The summed E-state index contributed by atoms with van der Waals surface area (Å²) in [6.45, 7) is 7.79. The lowest BCUT2D eigenvalue weighted by Crippen LogP contribution is -2.32. The van der Waals surface area contributed by atoms with Gasteiger partial charge in [-0.25, -0.2) is 4.98 Å². The fraction of sp³-hybridized carbons (Fsp3) is 0.400. The zero-order valence-corrected chi connectivity index (χ0v) is 19.5. The minimum Gasteiger partial charge on any atom is -0.493 e. The third-order valence-electron chi connectivity index (χ3n) is 5.53. The molecule has 1 saturated heterocycles. The monoisotopic (exact) mass is 452 g/mol. The first-order chi connectivity index (χ1) is 15.6. The molecule has 1 aliphatic heterocycles. The lowest BCUT2D eigenvalue weighted by Gasteiger charge is -2.20. The fourth-order valence-electron chi connectivity index (χ4n) is 3.75. The topological polar surface area (TPSA) is 69.7 Å². The highest BCUT2D eigenvalue weighted by Crippen LogP contribution is 2.25. The van der Waals surface area contributed by atoms with Crippen molar-refractivity contribution in [3.05, 3.63) is 70.7 Å². The van der Waals surface area contributed by atoms with Crippen LogP contribution in [0.25, 0.3) is 0 Å². The van der Waals surface area contributed by atoms with Crippen LogP contribution in [0.4, 0.5) is 11.4 Å². The van der Waals surface area contributed by atoms with Gasteiger partial charge in [-0.15, -0.1) is 11.3 Å². The van der Waals surface area contributed by atoms with E-state index in [1.807, 2.05) is 48.0 Å². The molecule has 6 nitrogen and oxygen atoms in total. The van der Waals surface area contributed by atoms with E-state index in [0.29, 0.717) is 18.6 Å². The van der Waals surface area contributed by atoms with Crippen molar-refractivity contribution in [3.8, 4) is 5.75 Å². The van der Waals surface area contributed by atoms with Gasteiger partial charge in [-0.3, -0.25) is 0 Å². The maximum atomic E-state index is 10.6. The first-order valence-electron chi connectivity index (χ1n) is 11.2. The van der Waals surface area contributed by atoms with Gasteiger partial charge in [-0.1, -0.05) is 26.0 Å². The number of aliphatic hydroxyl groups excluding tert-OH is 1. The van der Waals surface area contributed by atoms with Gasteiger partial charge in [0.25, 0.3) is 0 Å². The van der Waals surface area contributed by atoms with E-state index in [9.17, 15) is 5.11 Å². The van der Waals surface area contributed by atoms with Crippen LogP contribution in [-0.4, -0.2) is 35.8 Å². The van der Waals surface area contributed by atoms with E-state index in [2.05, 4.69) is 46.5 Å². The van der Waals surface area contributed by atoms with E-state index < -0.39 is 6.23 Å². The van der Waals surface area contributed by atoms with Crippen molar-refractivity contribution in [2.24, 2.45) is 5.92 Å². The fourth-order valence-corrected chi connectivity index (χ4v) is 4.32. The number of thiazole rings is 1. The van der Waals surface area contributed by atoms with Crippen molar-refractivity contribution < 1.29 is 9.84 Å². The molecule has 3 aromatic rings. The van der Waals surface area contributed by atoms with Crippen molar-refractivity contribution >= 4 is 22.7 Å². The van der Waals surface area contributed by atoms with Crippen LogP contribution < -0.4 is 20.3 Å². The Labute approximate surface area is 194 Å². The van der Waals surface area contributed by atoms with E-state index in [4.69, 9.17) is 4.74 Å². The van der Waals surface area contributed by atoms with Gasteiger partial charge in [0.1, 0.15) is 10.8 Å². The van der Waals surface area contributed by atoms with Gasteiger partial charge in [0.2, 0.25) is 0 Å². The highest BCUT2D eigenvalue weighted by molar-refractivity contribution is 7.09. The Balaban J connectivity index is 1.26. The van der Waals surface area contributed by atoms with E-state index in [1.165, 1.54) is 5.69 Å². The molecule has 2 aromatic carbocycles. The minimum absolute atomic E-state index is 0.478. The Bertz CT molecular complexity index is 945. The summed E-state index contributed by atoms with van der Waals surface area (Å²) in [6, 6.07) is 16.3. The van der Waals surface area contributed by atoms with Crippen LogP contribution >= 0.6 is 11.3 Å². The van der Waals surface area contributed by atoms with E-state index in [0.717, 1.165) is 48.1 Å². The number of benzene rings is 2. The number of nitrogens with one attached hydrogen (secondary N) is 2. The van der Waals surface area contributed by atoms with Gasteiger partial charge < -0.3 is 25.4 Å². The molecule has 0 aliphatic carbocycles. The Morgan fingerprint density at radius 3 is 2.62 bits per heavy atom. The minimum atomic E-state index is -0.772. The number of ether oxygens (including phenoxy) is 1. The second kappa shape index (κ2) is 10.8. The van der Waals surface area contributed by atoms with Gasteiger partial charge in [0.15, 0.2) is 6.23 Å². The highest BCUT2D eigenvalue weighted by atomic mass is 32.1. The third kappa shape index (κ3) is 6.22. The summed E-state index contributed by atoms with van der Waals surface area (Å²) in [6.07, 6.45) is 2.21. The average molecular weight is 453 g/mol. The molecule has 0 amide bonds. The van der Waals surface area contributed by atoms with Crippen LogP contribution in [-0.2, 0) is 6.54 Å². The molecule has 170 valence electrons. The summed E-state index contributed by atoms with van der Waals surface area (Å²) >= 11 is 1.69. The number of aliphatic hydroxyl groups is 1. The molecule has 2 atom stereocenters.